The molecule has 0 unspecified atom stereocenters. The van der Waals surface area contributed by atoms with Crippen LogP contribution < -0.4 is 12.3 Å². The molecule has 0 aromatic rings. The van der Waals surface area contributed by atoms with Gasteiger partial charge in [-0.15, -0.1) is 0 Å². The first-order valence-electron chi connectivity index (χ1n) is 0.558. The van der Waals surface area contributed by atoms with Crippen LogP contribution in [0, 0.1) is 0 Å². The van der Waals surface area contributed by atoms with Gasteiger partial charge in [0.15, 0.2) is 0 Å². The predicted octanol–water partition coefficient (Wildman–Crippen LogP) is 0.328. The van der Waals surface area contributed by atoms with E-state index in [4.69, 9.17) is 4.79 Å². The van der Waals surface area contributed by atoms with Gasteiger partial charge in [0, 0.05) is 0 Å². The number of hydrogen-bond acceptors (Lipinski definition) is 3. The maximum atomic E-state index is 8.57. The van der Waals surface area contributed by atoms with E-state index in [0.29, 0.717) is 0 Å². The van der Waals surface area contributed by atoms with Crippen LogP contribution in [0.15, 0.2) is 6.58 Å². The Balaban J connectivity index is -0.0000000200. The van der Waals surface area contributed by atoms with E-state index in [1.54, 1.807) is 0 Å². The maximum absolute atomic E-state index is 8.57. The van der Waals surface area contributed by atoms with E-state index in [9.17, 15) is 0 Å². The second-order valence-corrected chi connectivity index (χ2v) is 0.144. The zero-order valence-corrected chi connectivity index (χ0v) is 3.03. The van der Waals surface area contributed by atoms with Gasteiger partial charge < -0.3 is 12.3 Å². The van der Waals surface area contributed by atoms with Crippen molar-refractivity contribution in [1.29, 1.82) is 0 Å². The molecule has 3 nitrogen and oxygen atoms in total. The highest BCUT2D eigenvalue weighted by atomic mass is 16.1. The molecule has 0 aliphatic carbocycles. The second-order valence-electron chi connectivity index (χ2n) is 0.144. The molecular weight excluding hydrogens is 68.0 g/mol. The fourth-order valence-corrected chi connectivity index (χ4v) is 0. The fourth-order valence-electron chi connectivity index (χ4n) is 0. The molecule has 0 bridgehead atoms. The van der Waals surface area contributed by atoms with Crippen molar-refractivity contribution < 1.29 is 4.79 Å². The van der Waals surface area contributed by atoms with E-state index in [0.717, 1.165) is 0 Å². The van der Waals surface area contributed by atoms with E-state index in [1.807, 2.05) is 0 Å². The van der Waals surface area contributed by atoms with Crippen LogP contribution >= 0.6 is 0 Å². The molecule has 0 aromatic carbocycles. The van der Waals surface area contributed by atoms with Crippen molar-refractivity contribution in [1.82, 2.24) is 12.3 Å². The van der Waals surface area contributed by atoms with Crippen LogP contribution in [0.4, 0.5) is 0 Å². The van der Waals surface area contributed by atoms with E-state index in [2.05, 4.69) is 6.58 Å². The number of carbonyl (C=O) groups excluding carboxylic acids is 1. The standard InChI is InChI=1S/C2H2O.2H3N/c1-2-3;;/h1H2;2*1H3. The molecule has 0 heterocycles. The van der Waals surface area contributed by atoms with Crippen LogP contribution in [0.2, 0.25) is 0 Å². The zero-order chi connectivity index (χ0) is 2.71. The molecule has 32 valence electrons. The molecule has 0 aliphatic rings. The Kier molecular flexibility index (Phi) is 731. The molecule has 0 radical (unpaired) electrons. The van der Waals surface area contributed by atoms with Crippen LogP contribution in [0.5, 0.6) is 0 Å². The lowest BCUT2D eigenvalue weighted by atomic mass is 11.2. The zero-order valence-electron chi connectivity index (χ0n) is 3.03. The summed E-state index contributed by atoms with van der Waals surface area (Å²) in [5.41, 5.74) is 0. The van der Waals surface area contributed by atoms with Gasteiger partial charge in [0.2, 0.25) is 0 Å². The van der Waals surface area contributed by atoms with Crippen LogP contribution in [-0.2, 0) is 4.79 Å². The Hall–Kier alpha value is -0.630. The van der Waals surface area contributed by atoms with Crippen LogP contribution in [0.3, 0.4) is 0 Å². The van der Waals surface area contributed by atoms with Crippen molar-refractivity contribution in [3.05, 3.63) is 6.58 Å². The third-order valence-corrected chi connectivity index (χ3v) is 0. The second kappa shape index (κ2) is 138. The van der Waals surface area contributed by atoms with Crippen molar-refractivity contribution in [2.45, 2.75) is 0 Å². The first-order valence-corrected chi connectivity index (χ1v) is 0.558. The van der Waals surface area contributed by atoms with Crippen molar-refractivity contribution in [3.63, 3.8) is 0 Å². The quantitative estimate of drug-likeness (QED) is 0.407. The molecule has 3 heteroatoms. The Morgan fingerprint density at radius 1 is 1.40 bits per heavy atom. The summed E-state index contributed by atoms with van der Waals surface area (Å²) >= 11 is 0. The van der Waals surface area contributed by atoms with Gasteiger partial charge in [0.05, 0.1) is 0 Å². The average Bonchev–Trinajstić information content (AvgIpc) is 0.918. The summed E-state index contributed by atoms with van der Waals surface area (Å²) in [4.78, 5) is 8.57. The molecule has 0 atom stereocenters. The Morgan fingerprint density at radius 3 is 1.40 bits per heavy atom. The Morgan fingerprint density at radius 2 is 1.40 bits per heavy atom. The summed E-state index contributed by atoms with van der Waals surface area (Å²) in [5.74, 6) is 1.25. The third kappa shape index (κ3) is 15.9. The molecule has 0 aliphatic heterocycles. The SMILES string of the molecule is C=C=O.N.N. The molecule has 0 fully saturated rings. The van der Waals surface area contributed by atoms with Gasteiger partial charge in [-0.05, 0) is 6.58 Å². The number of hydrogen-bond donors (Lipinski definition) is 2. The monoisotopic (exact) mass is 76.1 g/mol. The normalized spacial score (nSPS) is 1.60. The van der Waals surface area contributed by atoms with E-state index in [-0.39, 0.29) is 12.3 Å². The van der Waals surface area contributed by atoms with Gasteiger partial charge >= 0.3 is 0 Å². The van der Waals surface area contributed by atoms with Crippen LogP contribution in [0.1, 0.15) is 0 Å². The minimum atomic E-state index is 0. The van der Waals surface area contributed by atoms with Crippen molar-refractivity contribution in [2.75, 3.05) is 0 Å². The number of rotatable bonds is 0. The van der Waals surface area contributed by atoms with E-state index in [1.165, 1.54) is 5.94 Å². The summed E-state index contributed by atoms with van der Waals surface area (Å²) in [6.07, 6.45) is 0. The highest BCUT2D eigenvalue weighted by Crippen LogP contribution is 0.894. The average molecular weight is 76.1 g/mol. The summed E-state index contributed by atoms with van der Waals surface area (Å²) < 4.78 is 0. The molecule has 0 aromatic heterocycles. The van der Waals surface area contributed by atoms with Crippen molar-refractivity contribution >= 4 is 5.94 Å². The molecule has 6 N–H and O–H groups in total. The molecule has 0 spiro atoms. The summed E-state index contributed by atoms with van der Waals surface area (Å²) in [7, 11) is 0. The van der Waals surface area contributed by atoms with Crippen molar-refractivity contribution in [3.8, 4) is 0 Å². The lowest BCUT2D eigenvalue weighted by Gasteiger charge is -1.02. The highest BCUT2D eigenvalue weighted by Gasteiger charge is 1.01. The van der Waals surface area contributed by atoms with Gasteiger partial charge in [-0.1, -0.05) is 0 Å². The first kappa shape index (κ1) is 26.4. The summed E-state index contributed by atoms with van der Waals surface area (Å²) in [5, 5.41) is 0. The molecule has 0 saturated heterocycles. The summed E-state index contributed by atoms with van der Waals surface area (Å²) in [6.45, 7) is 2.68. The van der Waals surface area contributed by atoms with Crippen LogP contribution in [0.25, 0.3) is 0 Å². The van der Waals surface area contributed by atoms with Crippen LogP contribution in [-0.4, -0.2) is 5.94 Å². The fraction of sp³-hybridized carbons (Fsp3) is 0. The maximum Gasteiger partial charge on any atom is 0.116 e. The molecular formula is C2H8N2O. The molecule has 0 saturated carbocycles. The largest absolute Gasteiger partial charge is 0.344 e. The van der Waals surface area contributed by atoms with E-state index < -0.39 is 0 Å². The Labute approximate surface area is 30.8 Å². The van der Waals surface area contributed by atoms with Gasteiger partial charge in [-0.3, -0.25) is 0 Å². The molecule has 5 heavy (non-hydrogen) atoms. The predicted molar refractivity (Wildman–Crippen MR) is 21.4 cm³/mol. The van der Waals surface area contributed by atoms with Gasteiger partial charge in [0.1, 0.15) is 5.94 Å². The minimum absolute atomic E-state index is 0. The lowest BCUT2D eigenvalue weighted by molar-refractivity contribution is 0.569. The van der Waals surface area contributed by atoms with Gasteiger partial charge in [-0.25, -0.2) is 4.79 Å². The Bertz CT molecular complexity index is 28.6. The molecule has 0 amide bonds. The lowest BCUT2D eigenvalue weighted by Crippen LogP contribution is -1.15. The topological polar surface area (TPSA) is 87.1 Å². The smallest absolute Gasteiger partial charge is 0.116 e. The minimum Gasteiger partial charge on any atom is -0.344 e. The van der Waals surface area contributed by atoms with Crippen molar-refractivity contribution in [2.24, 2.45) is 0 Å². The van der Waals surface area contributed by atoms with Gasteiger partial charge in [-0.2, -0.15) is 0 Å². The van der Waals surface area contributed by atoms with Gasteiger partial charge in [0.25, 0.3) is 0 Å². The highest BCUT2D eigenvalue weighted by molar-refractivity contribution is 5.38. The summed E-state index contributed by atoms with van der Waals surface area (Å²) in [6, 6.07) is 0. The first-order chi connectivity index (χ1) is 1.41. The molecule has 0 rings (SSSR count). The van der Waals surface area contributed by atoms with E-state index >= 15 is 0 Å². The third-order valence-electron chi connectivity index (χ3n) is 0.